The van der Waals surface area contributed by atoms with Crippen molar-refractivity contribution in [2.45, 2.75) is 64.8 Å². The second kappa shape index (κ2) is 12.9. The predicted octanol–water partition coefficient (Wildman–Crippen LogP) is 5.29. The second-order valence-corrected chi connectivity index (χ2v) is 10.3. The fourth-order valence-electron chi connectivity index (χ4n) is 5.57. The molecule has 5 nitrogen and oxygen atoms in total. The molecule has 2 aliphatic heterocycles. The maximum atomic E-state index is 13.3. The van der Waals surface area contributed by atoms with E-state index >= 15 is 0 Å². The summed E-state index contributed by atoms with van der Waals surface area (Å²) in [5.74, 6) is 0.999. The molecular formula is C30H41N3O2. The first-order valence-corrected chi connectivity index (χ1v) is 13.5. The molecule has 2 aromatic rings. The molecular weight excluding hydrogens is 434 g/mol. The van der Waals surface area contributed by atoms with Crippen LogP contribution in [0.4, 0.5) is 5.69 Å². The van der Waals surface area contributed by atoms with E-state index < -0.39 is 0 Å². The molecule has 188 valence electrons. The highest BCUT2D eigenvalue weighted by Gasteiger charge is 2.25. The summed E-state index contributed by atoms with van der Waals surface area (Å²) < 4.78 is 0. The van der Waals surface area contributed by atoms with Gasteiger partial charge in [0.05, 0.1) is 6.54 Å². The summed E-state index contributed by atoms with van der Waals surface area (Å²) in [6.45, 7) is 6.23. The van der Waals surface area contributed by atoms with Crippen LogP contribution in [0.2, 0.25) is 0 Å². The summed E-state index contributed by atoms with van der Waals surface area (Å²) in [6, 6.07) is 18.9. The zero-order valence-corrected chi connectivity index (χ0v) is 21.3. The number of carbonyl (C=O) groups is 2. The molecule has 0 atom stereocenters. The van der Waals surface area contributed by atoms with Crippen molar-refractivity contribution >= 4 is 17.5 Å². The van der Waals surface area contributed by atoms with Gasteiger partial charge < -0.3 is 9.80 Å². The van der Waals surface area contributed by atoms with E-state index in [-0.39, 0.29) is 11.8 Å². The van der Waals surface area contributed by atoms with Gasteiger partial charge in [-0.3, -0.25) is 14.5 Å². The number of benzene rings is 2. The molecule has 2 heterocycles. The van der Waals surface area contributed by atoms with Crippen molar-refractivity contribution in [3.8, 4) is 0 Å². The lowest BCUT2D eigenvalue weighted by atomic mass is 9.90. The summed E-state index contributed by atoms with van der Waals surface area (Å²) in [7, 11) is 0. The van der Waals surface area contributed by atoms with E-state index in [0.29, 0.717) is 19.0 Å². The average molecular weight is 476 g/mol. The lowest BCUT2D eigenvalue weighted by Gasteiger charge is -2.34. The summed E-state index contributed by atoms with van der Waals surface area (Å²) in [5, 5.41) is 0. The standard InChI is InChI=1S/C30H41N3O2/c1-25(34)33-19-11-4-2-3-10-18-31(23-28-14-8-9-15-29(28)33)24-30(35)32-20-16-27(17-21-32)22-26-12-6-5-7-13-26/h5-9,12-15,27H,2-4,10-11,16-24H2,1H3. The van der Waals surface area contributed by atoms with Gasteiger partial charge in [0.15, 0.2) is 0 Å². The Kier molecular flexibility index (Phi) is 9.35. The quantitative estimate of drug-likeness (QED) is 0.604. The highest BCUT2D eigenvalue weighted by Crippen LogP contribution is 2.25. The topological polar surface area (TPSA) is 43.9 Å². The number of carbonyl (C=O) groups excluding carboxylic acids is 2. The molecule has 0 unspecified atom stereocenters. The Hall–Kier alpha value is -2.66. The lowest BCUT2D eigenvalue weighted by Crippen LogP contribution is -2.44. The van der Waals surface area contributed by atoms with Gasteiger partial charge in [-0.1, -0.05) is 67.8 Å². The number of nitrogens with zero attached hydrogens (tertiary/aromatic N) is 3. The molecule has 35 heavy (non-hydrogen) atoms. The lowest BCUT2D eigenvalue weighted by molar-refractivity contribution is -0.134. The normalized spacial score (nSPS) is 18.9. The SMILES string of the molecule is CC(=O)N1CCCCCCCN(CC(=O)N2CCC(Cc3ccccc3)CC2)Cc2ccccc21. The van der Waals surface area contributed by atoms with Crippen LogP contribution in [0.1, 0.15) is 63.0 Å². The fraction of sp³-hybridized carbons (Fsp3) is 0.533. The smallest absolute Gasteiger partial charge is 0.236 e. The maximum absolute atomic E-state index is 13.3. The number of amides is 2. The van der Waals surface area contributed by atoms with Crippen molar-refractivity contribution in [3.05, 3.63) is 65.7 Å². The Morgan fingerprint density at radius 1 is 0.800 bits per heavy atom. The van der Waals surface area contributed by atoms with Gasteiger partial charge in [-0.25, -0.2) is 0 Å². The molecule has 0 aromatic heterocycles. The van der Waals surface area contributed by atoms with Crippen molar-refractivity contribution in [3.63, 3.8) is 0 Å². The molecule has 5 heteroatoms. The van der Waals surface area contributed by atoms with E-state index in [4.69, 9.17) is 0 Å². The minimum Gasteiger partial charge on any atom is -0.342 e. The summed E-state index contributed by atoms with van der Waals surface area (Å²) >= 11 is 0. The molecule has 0 aliphatic carbocycles. The van der Waals surface area contributed by atoms with Crippen molar-refractivity contribution in [2.75, 3.05) is 37.6 Å². The van der Waals surface area contributed by atoms with E-state index in [2.05, 4.69) is 52.3 Å². The molecule has 0 radical (unpaired) electrons. The van der Waals surface area contributed by atoms with E-state index in [1.54, 1.807) is 6.92 Å². The monoisotopic (exact) mass is 475 g/mol. The third kappa shape index (κ3) is 7.41. The number of rotatable bonds is 4. The van der Waals surface area contributed by atoms with Crippen LogP contribution in [0.25, 0.3) is 0 Å². The van der Waals surface area contributed by atoms with Gasteiger partial charge in [-0.2, -0.15) is 0 Å². The van der Waals surface area contributed by atoms with Crippen molar-refractivity contribution in [2.24, 2.45) is 5.92 Å². The van der Waals surface area contributed by atoms with E-state index in [9.17, 15) is 9.59 Å². The third-order valence-corrected chi connectivity index (χ3v) is 7.61. The van der Waals surface area contributed by atoms with Crippen LogP contribution >= 0.6 is 0 Å². The maximum Gasteiger partial charge on any atom is 0.236 e. The Bertz CT molecular complexity index is 953. The Morgan fingerprint density at radius 2 is 1.46 bits per heavy atom. The molecule has 1 fully saturated rings. The Labute approximate surface area is 211 Å². The predicted molar refractivity (Wildman–Crippen MR) is 142 cm³/mol. The number of anilines is 1. The second-order valence-electron chi connectivity index (χ2n) is 10.3. The van der Waals surface area contributed by atoms with Gasteiger partial charge in [-0.15, -0.1) is 0 Å². The largest absolute Gasteiger partial charge is 0.342 e. The van der Waals surface area contributed by atoms with Crippen LogP contribution in [0, 0.1) is 5.92 Å². The van der Waals surface area contributed by atoms with Crippen LogP contribution in [-0.4, -0.2) is 54.3 Å². The molecule has 0 saturated carbocycles. The van der Waals surface area contributed by atoms with E-state index in [1.165, 1.54) is 18.4 Å². The van der Waals surface area contributed by atoms with E-state index in [1.807, 2.05) is 17.0 Å². The Morgan fingerprint density at radius 3 is 2.20 bits per heavy atom. The Balaban J connectivity index is 1.38. The molecule has 4 rings (SSSR count). The van der Waals surface area contributed by atoms with Gasteiger partial charge in [0.1, 0.15) is 0 Å². The van der Waals surface area contributed by atoms with Gasteiger partial charge >= 0.3 is 0 Å². The zero-order valence-electron chi connectivity index (χ0n) is 21.3. The molecule has 0 spiro atoms. The van der Waals surface area contributed by atoms with E-state index in [0.717, 1.165) is 76.0 Å². The zero-order chi connectivity index (χ0) is 24.5. The first-order valence-electron chi connectivity index (χ1n) is 13.5. The molecule has 0 N–H and O–H groups in total. The van der Waals surface area contributed by atoms with Crippen LogP contribution in [0.5, 0.6) is 0 Å². The molecule has 1 saturated heterocycles. The number of hydrogen-bond donors (Lipinski definition) is 0. The molecule has 2 aliphatic rings. The van der Waals surface area contributed by atoms with Gasteiger partial charge in [0.25, 0.3) is 0 Å². The number of para-hydroxylation sites is 1. The van der Waals surface area contributed by atoms with Crippen LogP contribution in [0.3, 0.4) is 0 Å². The van der Waals surface area contributed by atoms with Crippen LogP contribution < -0.4 is 4.90 Å². The highest BCUT2D eigenvalue weighted by atomic mass is 16.2. The summed E-state index contributed by atoms with van der Waals surface area (Å²) in [5.41, 5.74) is 3.53. The highest BCUT2D eigenvalue weighted by molar-refractivity contribution is 5.92. The third-order valence-electron chi connectivity index (χ3n) is 7.61. The number of fused-ring (bicyclic) bond motifs is 1. The van der Waals surface area contributed by atoms with Crippen LogP contribution in [-0.2, 0) is 22.6 Å². The number of piperidine rings is 1. The van der Waals surface area contributed by atoms with Gasteiger partial charge in [0, 0.05) is 38.8 Å². The van der Waals surface area contributed by atoms with Gasteiger partial charge in [-0.05, 0) is 61.8 Å². The molecule has 2 amide bonds. The number of likely N-dealkylation sites (tertiary alicyclic amines) is 1. The summed E-state index contributed by atoms with van der Waals surface area (Å²) in [6.07, 6.45) is 8.93. The number of hydrogen-bond acceptors (Lipinski definition) is 3. The minimum absolute atomic E-state index is 0.0931. The average Bonchev–Trinajstić information content (AvgIpc) is 2.86. The van der Waals surface area contributed by atoms with Gasteiger partial charge in [0.2, 0.25) is 11.8 Å². The molecule has 0 bridgehead atoms. The summed E-state index contributed by atoms with van der Waals surface area (Å²) in [4.78, 5) is 32.1. The minimum atomic E-state index is 0.0931. The fourth-order valence-corrected chi connectivity index (χ4v) is 5.57. The first-order chi connectivity index (χ1) is 17.1. The van der Waals surface area contributed by atoms with Crippen molar-refractivity contribution in [1.82, 2.24) is 9.80 Å². The first kappa shape index (κ1) is 25.4. The van der Waals surface area contributed by atoms with Crippen molar-refractivity contribution < 1.29 is 9.59 Å². The van der Waals surface area contributed by atoms with Crippen LogP contribution in [0.15, 0.2) is 54.6 Å². The van der Waals surface area contributed by atoms with Crippen molar-refractivity contribution in [1.29, 1.82) is 0 Å². The molecule has 2 aromatic carbocycles.